The zero-order chi connectivity index (χ0) is 15.1. The van der Waals surface area contributed by atoms with Crippen LogP contribution in [0.15, 0.2) is 29.3 Å². The summed E-state index contributed by atoms with van der Waals surface area (Å²) < 4.78 is 5.82. The quantitative estimate of drug-likeness (QED) is 0.437. The zero-order valence-corrected chi connectivity index (χ0v) is 15.9. The molecule has 1 aliphatic carbocycles. The molecule has 0 radical (unpaired) electrons. The zero-order valence-electron chi connectivity index (χ0n) is 13.5. The Hall–Kier alpha value is -0.980. The fourth-order valence-electron chi connectivity index (χ4n) is 2.62. The van der Waals surface area contributed by atoms with Gasteiger partial charge in [-0.2, -0.15) is 0 Å². The normalized spacial score (nSPS) is 17.5. The number of aryl methyl sites for hydroxylation is 1. The molecule has 124 valence electrons. The van der Waals surface area contributed by atoms with E-state index >= 15 is 0 Å². The van der Waals surface area contributed by atoms with Crippen molar-refractivity contribution in [1.82, 2.24) is 5.32 Å². The number of hydrogen-bond acceptors (Lipinski definition) is 2. The van der Waals surface area contributed by atoms with Crippen LogP contribution in [-0.2, 0) is 0 Å². The first-order valence-electron chi connectivity index (χ1n) is 7.93. The Morgan fingerprint density at radius 3 is 2.55 bits per heavy atom. The average Bonchev–Trinajstić information content (AvgIpc) is 2.49. The summed E-state index contributed by atoms with van der Waals surface area (Å²) in [5.74, 6) is 1.42. The molecule has 5 heteroatoms. The Labute approximate surface area is 150 Å². The average molecular weight is 417 g/mol. The molecule has 0 amide bonds. The van der Waals surface area contributed by atoms with Gasteiger partial charge in [-0.05, 0) is 38.8 Å². The fourth-order valence-corrected chi connectivity index (χ4v) is 2.62. The van der Waals surface area contributed by atoms with Crippen molar-refractivity contribution in [1.29, 1.82) is 0 Å². The molecule has 1 aliphatic rings. The molecule has 1 aromatic rings. The number of nitrogens with zero attached hydrogens (tertiary/aromatic N) is 1. The number of ether oxygens (including phenoxy) is 1. The van der Waals surface area contributed by atoms with Gasteiger partial charge in [-0.1, -0.05) is 37.0 Å². The van der Waals surface area contributed by atoms with Crippen LogP contribution in [0.25, 0.3) is 0 Å². The summed E-state index contributed by atoms with van der Waals surface area (Å²) in [6.07, 6.45) is 6.34. The lowest BCUT2D eigenvalue weighted by atomic mass is 9.96. The van der Waals surface area contributed by atoms with Crippen molar-refractivity contribution >= 4 is 29.9 Å². The van der Waals surface area contributed by atoms with Gasteiger partial charge in [0, 0.05) is 6.04 Å². The van der Waals surface area contributed by atoms with Crippen molar-refractivity contribution < 1.29 is 4.74 Å². The Morgan fingerprint density at radius 1 is 1.27 bits per heavy atom. The summed E-state index contributed by atoms with van der Waals surface area (Å²) >= 11 is 0. The number of hydrogen-bond donors (Lipinski definition) is 2. The third-order valence-corrected chi connectivity index (χ3v) is 3.83. The summed E-state index contributed by atoms with van der Waals surface area (Å²) in [6.45, 7) is 4.64. The van der Waals surface area contributed by atoms with Crippen LogP contribution in [0.5, 0.6) is 5.75 Å². The second-order valence-electron chi connectivity index (χ2n) is 5.95. The molecule has 1 saturated carbocycles. The highest BCUT2D eigenvalue weighted by Crippen LogP contribution is 2.17. The highest BCUT2D eigenvalue weighted by atomic mass is 127. The van der Waals surface area contributed by atoms with Gasteiger partial charge in [-0.15, -0.1) is 24.0 Å². The van der Waals surface area contributed by atoms with Crippen LogP contribution < -0.4 is 15.8 Å². The molecule has 4 nitrogen and oxygen atoms in total. The maximum Gasteiger partial charge on any atom is 0.188 e. The minimum Gasteiger partial charge on any atom is -0.489 e. The molecule has 0 saturated heterocycles. The van der Waals surface area contributed by atoms with E-state index in [-0.39, 0.29) is 30.1 Å². The number of nitrogens with one attached hydrogen (secondary N) is 1. The maximum absolute atomic E-state index is 5.95. The number of halogens is 1. The number of rotatable bonds is 5. The molecule has 22 heavy (non-hydrogen) atoms. The second kappa shape index (κ2) is 9.92. The third kappa shape index (κ3) is 6.85. The molecule has 1 unspecified atom stereocenters. The predicted molar refractivity (Wildman–Crippen MR) is 103 cm³/mol. The van der Waals surface area contributed by atoms with Crippen LogP contribution in [0, 0.1) is 6.92 Å². The Balaban J connectivity index is 0.00000242. The van der Waals surface area contributed by atoms with E-state index in [1.807, 2.05) is 31.2 Å². The Morgan fingerprint density at radius 2 is 1.91 bits per heavy atom. The maximum atomic E-state index is 5.95. The fraction of sp³-hybridized carbons (Fsp3) is 0.588. The number of nitrogens with two attached hydrogens (primary N) is 1. The van der Waals surface area contributed by atoms with Crippen LogP contribution in [0.3, 0.4) is 0 Å². The Bertz CT molecular complexity index is 455. The van der Waals surface area contributed by atoms with Crippen molar-refractivity contribution in [3.05, 3.63) is 29.8 Å². The molecule has 0 spiro atoms. The summed E-state index contributed by atoms with van der Waals surface area (Å²) in [5.41, 5.74) is 7.18. The van der Waals surface area contributed by atoms with E-state index in [9.17, 15) is 0 Å². The third-order valence-electron chi connectivity index (χ3n) is 3.83. The molecule has 2 rings (SSSR count). The van der Waals surface area contributed by atoms with E-state index in [0.717, 1.165) is 5.75 Å². The van der Waals surface area contributed by atoms with Crippen LogP contribution in [-0.4, -0.2) is 24.7 Å². The van der Waals surface area contributed by atoms with Crippen molar-refractivity contribution in [3.8, 4) is 5.75 Å². The molecule has 1 atom stereocenters. The van der Waals surface area contributed by atoms with Gasteiger partial charge < -0.3 is 15.8 Å². The topological polar surface area (TPSA) is 59.6 Å². The van der Waals surface area contributed by atoms with Gasteiger partial charge >= 0.3 is 0 Å². The first-order valence-corrected chi connectivity index (χ1v) is 7.93. The minimum absolute atomic E-state index is 0. The van der Waals surface area contributed by atoms with Gasteiger partial charge in [0.05, 0.1) is 6.54 Å². The van der Waals surface area contributed by atoms with Crippen LogP contribution >= 0.6 is 24.0 Å². The van der Waals surface area contributed by atoms with Crippen molar-refractivity contribution in [2.24, 2.45) is 10.7 Å². The lowest BCUT2D eigenvalue weighted by Gasteiger charge is -2.23. The van der Waals surface area contributed by atoms with Crippen LogP contribution in [0.1, 0.15) is 44.6 Å². The van der Waals surface area contributed by atoms with Crippen molar-refractivity contribution in [2.45, 2.75) is 58.1 Å². The Kier molecular flexibility index (Phi) is 8.60. The molecule has 0 heterocycles. The largest absolute Gasteiger partial charge is 0.489 e. The number of aliphatic imine (C=N–C) groups is 1. The smallest absolute Gasteiger partial charge is 0.188 e. The number of guanidine groups is 1. The summed E-state index contributed by atoms with van der Waals surface area (Å²) in [5, 5.41) is 3.32. The van der Waals surface area contributed by atoms with E-state index in [0.29, 0.717) is 18.5 Å². The van der Waals surface area contributed by atoms with E-state index < -0.39 is 0 Å². The van der Waals surface area contributed by atoms with Gasteiger partial charge in [0.25, 0.3) is 0 Å². The van der Waals surface area contributed by atoms with Crippen molar-refractivity contribution in [2.75, 3.05) is 6.54 Å². The second-order valence-corrected chi connectivity index (χ2v) is 5.95. The van der Waals surface area contributed by atoms with Gasteiger partial charge in [-0.25, -0.2) is 4.99 Å². The highest BCUT2D eigenvalue weighted by Gasteiger charge is 2.13. The SMILES string of the molecule is Cc1ccc(OC(C)CN=C(N)NC2CCCCC2)cc1.I. The van der Waals surface area contributed by atoms with E-state index in [1.165, 1.54) is 37.7 Å². The molecule has 0 aromatic heterocycles. The van der Waals surface area contributed by atoms with E-state index in [4.69, 9.17) is 10.5 Å². The molecule has 1 fully saturated rings. The van der Waals surface area contributed by atoms with Gasteiger partial charge in [-0.3, -0.25) is 0 Å². The highest BCUT2D eigenvalue weighted by molar-refractivity contribution is 14.0. The number of benzene rings is 1. The monoisotopic (exact) mass is 417 g/mol. The molecule has 1 aromatic carbocycles. The van der Waals surface area contributed by atoms with E-state index in [2.05, 4.69) is 17.2 Å². The molecule has 0 bridgehead atoms. The lowest BCUT2D eigenvalue weighted by molar-refractivity contribution is 0.230. The molecular formula is C17H28IN3O. The van der Waals surface area contributed by atoms with Crippen molar-refractivity contribution in [3.63, 3.8) is 0 Å². The van der Waals surface area contributed by atoms with Gasteiger partial charge in [0.2, 0.25) is 0 Å². The molecular weight excluding hydrogens is 389 g/mol. The van der Waals surface area contributed by atoms with Crippen LogP contribution in [0.4, 0.5) is 0 Å². The lowest BCUT2D eigenvalue weighted by Crippen LogP contribution is -2.41. The summed E-state index contributed by atoms with van der Waals surface area (Å²) in [6, 6.07) is 8.56. The summed E-state index contributed by atoms with van der Waals surface area (Å²) in [4.78, 5) is 4.39. The van der Waals surface area contributed by atoms with Gasteiger partial charge in [0.1, 0.15) is 11.9 Å². The first kappa shape index (κ1) is 19.1. The molecule has 0 aliphatic heterocycles. The minimum atomic E-state index is 0. The van der Waals surface area contributed by atoms with Crippen LogP contribution in [0.2, 0.25) is 0 Å². The summed E-state index contributed by atoms with van der Waals surface area (Å²) in [7, 11) is 0. The first-order chi connectivity index (χ1) is 10.1. The van der Waals surface area contributed by atoms with Gasteiger partial charge in [0.15, 0.2) is 5.96 Å². The molecule has 3 N–H and O–H groups in total. The van der Waals surface area contributed by atoms with E-state index in [1.54, 1.807) is 0 Å². The predicted octanol–water partition coefficient (Wildman–Crippen LogP) is 3.62. The standard InChI is InChI=1S/C17H27N3O.HI/c1-13-8-10-16(11-9-13)21-14(2)12-19-17(18)20-15-6-4-3-5-7-15;/h8-11,14-15H,3-7,12H2,1-2H3,(H3,18,19,20);1H.